The molecule has 1 N–H and O–H groups in total. The van der Waals surface area contributed by atoms with Crippen molar-refractivity contribution in [3.8, 4) is 11.4 Å². The van der Waals surface area contributed by atoms with Crippen LogP contribution in [0.15, 0.2) is 59.9 Å². The Bertz CT molecular complexity index is 1100. The summed E-state index contributed by atoms with van der Waals surface area (Å²) in [6.45, 7) is 2.12. The second-order valence-electron chi connectivity index (χ2n) is 6.97. The molecule has 0 spiro atoms. The Kier molecular flexibility index (Phi) is 4.01. The van der Waals surface area contributed by atoms with Crippen molar-refractivity contribution in [3.05, 3.63) is 66.1 Å². The van der Waals surface area contributed by atoms with E-state index in [-0.39, 0.29) is 11.1 Å². The van der Waals surface area contributed by atoms with Gasteiger partial charge in [0.2, 0.25) is 0 Å². The Labute approximate surface area is 160 Å². The predicted octanol–water partition coefficient (Wildman–Crippen LogP) is 5.75. The minimum atomic E-state index is -0.210. The molecule has 1 aliphatic carbocycles. The summed E-state index contributed by atoms with van der Waals surface area (Å²) >= 11 is 1.68. The summed E-state index contributed by atoms with van der Waals surface area (Å²) < 4.78 is 15.5. The molecule has 1 saturated carbocycles. The lowest BCUT2D eigenvalue weighted by molar-refractivity contribution is 0.627. The van der Waals surface area contributed by atoms with Gasteiger partial charge in [0.05, 0.1) is 0 Å². The second-order valence-corrected chi connectivity index (χ2v) is 8.27. The van der Waals surface area contributed by atoms with Crippen LogP contribution in [0.5, 0.6) is 0 Å². The summed E-state index contributed by atoms with van der Waals surface area (Å²) in [6, 6.07) is 15.4. The van der Waals surface area contributed by atoms with Crippen LogP contribution in [-0.2, 0) is 0 Å². The van der Waals surface area contributed by atoms with E-state index in [0.717, 1.165) is 45.9 Å². The van der Waals surface area contributed by atoms with Crippen molar-refractivity contribution in [1.82, 2.24) is 19.7 Å². The molecule has 1 aliphatic rings. The highest BCUT2D eigenvalue weighted by Crippen LogP contribution is 2.44. The third-order valence-corrected chi connectivity index (χ3v) is 6.14. The standard InChI is InChI=1S/C21H19FN4S/c1-13(14-6-8-15(22)9-7-14)27-21-25-24-20(26(21)16-10-11-16)18-12-23-19-5-3-2-4-17(18)19/h2-9,12-13,16,23H,10-11H2,1H3/t13-/m0/s1. The molecule has 4 nitrogen and oxygen atoms in total. The average Bonchev–Trinajstić information content (AvgIpc) is 3.30. The van der Waals surface area contributed by atoms with Crippen LogP contribution in [-0.4, -0.2) is 19.7 Å². The number of nitrogens with zero attached hydrogens (tertiary/aromatic N) is 3. The van der Waals surface area contributed by atoms with Crippen LogP contribution in [0, 0.1) is 5.82 Å². The zero-order valence-electron chi connectivity index (χ0n) is 14.9. The molecule has 2 aromatic carbocycles. The summed E-state index contributed by atoms with van der Waals surface area (Å²) in [5.41, 5.74) is 3.28. The molecule has 0 bridgehead atoms. The van der Waals surface area contributed by atoms with Crippen molar-refractivity contribution in [2.24, 2.45) is 0 Å². The fourth-order valence-electron chi connectivity index (χ4n) is 3.42. The number of hydrogen-bond acceptors (Lipinski definition) is 3. The molecular formula is C21H19FN4S. The van der Waals surface area contributed by atoms with Crippen molar-refractivity contribution in [2.75, 3.05) is 0 Å². The molecule has 4 aromatic rings. The highest BCUT2D eigenvalue weighted by Gasteiger charge is 2.31. The maximum absolute atomic E-state index is 13.2. The summed E-state index contributed by atoms with van der Waals surface area (Å²) in [7, 11) is 0. The van der Waals surface area contributed by atoms with Gasteiger partial charge in [-0.2, -0.15) is 0 Å². The van der Waals surface area contributed by atoms with E-state index in [1.165, 1.54) is 12.1 Å². The molecule has 0 aliphatic heterocycles. The first-order valence-electron chi connectivity index (χ1n) is 9.14. The van der Waals surface area contributed by atoms with E-state index in [0.29, 0.717) is 6.04 Å². The van der Waals surface area contributed by atoms with Gasteiger partial charge < -0.3 is 4.98 Å². The fraction of sp³-hybridized carbons (Fsp3) is 0.238. The molecule has 136 valence electrons. The van der Waals surface area contributed by atoms with E-state index in [4.69, 9.17) is 0 Å². The zero-order chi connectivity index (χ0) is 18.4. The number of aromatic amines is 1. The summed E-state index contributed by atoms with van der Waals surface area (Å²) in [5, 5.41) is 11.3. The van der Waals surface area contributed by atoms with Gasteiger partial charge in [-0.3, -0.25) is 4.57 Å². The van der Waals surface area contributed by atoms with Crippen molar-refractivity contribution < 1.29 is 4.39 Å². The maximum Gasteiger partial charge on any atom is 0.192 e. The maximum atomic E-state index is 13.2. The first kappa shape index (κ1) is 16.6. The normalized spacial score (nSPS) is 15.3. The van der Waals surface area contributed by atoms with Crippen LogP contribution < -0.4 is 0 Å². The van der Waals surface area contributed by atoms with Crippen molar-refractivity contribution >= 4 is 22.7 Å². The quantitative estimate of drug-likeness (QED) is 0.450. The van der Waals surface area contributed by atoms with Gasteiger partial charge in [-0.05, 0) is 43.5 Å². The Morgan fingerprint density at radius 3 is 2.67 bits per heavy atom. The molecule has 27 heavy (non-hydrogen) atoms. The van der Waals surface area contributed by atoms with Gasteiger partial charge in [-0.1, -0.05) is 42.1 Å². The second kappa shape index (κ2) is 6.53. The minimum Gasteiger partial charge on any atom is -0.360 e. The number of benzene rings is 2. The number of H-pyrrole nitrogens is 1. The Balaban J connectivity index is 1.52. The summed E-state index contributed by atoms with van der Waals surface area (Å²) in [5.74, 6) is 0.711. The molecule has 2 heterocycles. The fourth-order valence-corrected chi connectivity index (χ4v) is 4.47. The molecule has 1 fully saturated rings. The number of fused-ring (bicyclic) bond motifs is 1. The molecule has 0 saturated heterocycles. The topological polar surface area (TPSA) is 46.5 Å². The number of thioether (sulfide) groups is 1. The van der Waals surface area contributed by atoms with E-state index >= 15 is 0 Å². The number of para-hydroxylation sites is 1. The molecule has 0 amide bonds. The Morgan fingerprint density at radius 2 is 1.89 bits per heavy atom. The van der Waals surface area contributed by atoms with Crippen molar-refractivity contribution in [2.45, 2.75) is 36.2 Å². The first-order valence-corrected chi connectivity index (χ1v) is 10.0. The molecule has 2 aromatic heterocycles. The lowest BCUT2D eigenvalue weighted by atomic mass is 10.1. The number of nitrogens with one attached hydrogen (secondary N) is 1. The lowest BCUT2D eigenvalue weighted by Gasteiger charge is -2.13. The average molecular weight is 378 g/mol. The number of hydrogen-bond donors (Lipinski definition) is 1. The van der Waals surface area contributed by atoms with E-state index in [2.05, 4.69) is 38.8 Å². The smallest absolute Gasteiger partial charge is 0.192 e. The van der Waals surface area contributed by atoms with E-state index in [1.54, 1.807) is 11.8 Å². The van der Waals surface area contributed by atoms with Crippen LogP contribution in [0.1, 0.15) is 36.6 Å². The van der Waals surface area contributed by atoms with Crippen LogP contribution in [0.25, 0.3) is 22.3 Å². The van der Waals surface area contributed by atoms with Gasteiger partial charge in [0.25, 0.3) is 0 Å². The van der Waals surface area contributed by atoms with E-state index in [9.17, 15) is 4.39 Å². The number of rotatable bonds is 5. The molecule has 0 unspecified atom stereocenters. The van der Waals surface area contributed by atoms with Gasteiger partial charge in [-0.25, -0.2) is 4.39 Å². The van der Waals surface area contributed by atoms with E-state index in [1.807, 2.05) is 30.5 Å². The number of halogens is 1. The van der Waals surface area contributed by atoms with Gasteiger partial charge in [0.15, 0.2) is 11.0 Å². The monoisotopic (exact) mass is 378 g/mol. The highest BCUT2D eigenvalue weighted by atomic mass is 32.2. The first-order chi connectivity index (χ1) is 13.2. The van der Waals surface area contributed by atoms with Crippen LogP contribution in [0.4, 0.5) is 4.39 Å². The van der Waals surface area contributed by atoms with Gasteiger partial charge >= 0.3 is 0 Å². The van der Waals surface area contributed by atoms with Gasteiger partial charge in [0, 0.05) is 34.0 Å². The van der Waals surface area contributed by atoms with Crippen molar-refractivity contribution in [3.63, 3.8) is 0 Å². The molecule has 6 heteroatoms. The van der Waals surface area contributed by atoms with Gasteiger partial charge in [0.1, 0.15) is 5.82 Å². The van der Waals surface area contributed by atoms with Gasteiger partial charge in [-0.15, -0.1) is 10.2 Å². The largest absolute Gasteiger partial charge is 0.360 e. The van der Waals surface area contributed by atoms with E-state index < -0.39 is 0 Å². The molecule has 1 atom stereocenters. The summed E-state index contributed by atoms with van der Waals surface area (Å²) in [6.07, 6.45) is 4.34. The minimum absolute atomic E-state index is 0.170. The van der Waals surface area contributed by atoms with Crippen molar-refractivity contribution in [1.29, 1.82) is 0 Å². The SMILES string of the molecule is C[C@H](Sc1nnc(-c2c[nH]c3ccccc23)n1C1CC1)c1ccc(F)cc1. The molecule has 0 radical (unpaired) electrons. The Morgan fingerprint density at radius 1 is 1.11 bits per heavy atom. The third-order valence-electron chi connectivity index (χ3n) is 5.03. The predicted molar refractivity (Wildman–Crippen MR) is 106 cm³/mol. The molecule has 5 rings (SSSR count). The Hall–Kier alpha value is -2.60. The lowest BCUT2D eigenvalue weighted by Crippen LogP contribution is -2.00. The van der Waals surface area contributed by atoms with Crippen LogP contribution in [0.2, 0.25) is 0 Å². The number of aromatic nitrogens is 4. The third kappa shape index (κ3) is 3.04. The van der Waals surface area contributed by atoms with Crippen LogP contribution in [0.3, 0.4) is 0 Å². The zero-order valence-corrected chi connectivity index (χ0v) is 15.7. The molecular weight excluding hydrogens is 359 g/mol. The highest BCUT2D eigenvalue weighted by molar-refractivity contribution is 7.99. The van der Waals surface area contributed by atoms with Crippen LogP contribution >= 0.6 is 11.8 Å². The summed E-state index contributed by atoms with van der Waals surface area (Å²) in [4.78, 5) is 3.33.